The van der Waals surface area contributed by atoms with Gasteiger partial charge in [-0.15, -0.1) is 0 Å². The molecule has 0 aliphatic rings. The molecule has 0 amide bonds. The summed E-state index contributed by atoms with van der Waals surface area (Å²) < 4.78 is 18.0. The van der Waals surface area contributed by atoms with E-state index in [1.165, 1.54) is 13.2 Å². The largest absolute Gasteiger partial charge is 0.493 e. The predicted octanol–water partition coefficient (Wildman–Crippen LogP) is 2.79. The molecule has 0 atom stereocenters. The zero-order chi connectivity index (χ0) is 8.97. The van der Waals surface area contributed by atoms with E-state index in [9.17, 15) is 4.39 Å². The third kappa shape index (κ3) is 1.76. The number of halogens is 1. The van der Waals surface area contributed by atoms with Gasteiger partial charge in [-0.3, -0.25) is 0 Å². The van der Waals surface area contributed by atoms with Crippen LogP contribution in [-0.2, 0) is 6.42 Å². The fourth-order valence-corrected chi connectivity index (χ4v) is 1.25. The van der Waals surface area contributed by atoms with Crippen molar-refractivity contribution in [3.05, 3.63) is 29.6 Å². The number of hydrogen-bond donors (Lipinski definition) is 0. The second-order valence-electron chi connectivity index (χ2n) is 2.68. The number of rotatable bonds is 3. The van der Waals surface area contributed by atoms with Gasteiger partial charge in [0.05, 0.1) is 7.11 Å². The summed E-state index contributed by atoms with van der Waals surface area (Å²) in [5, 5.41) is 0. The summed E-state index contributed by atoms with van der Waals surface area (Å²) in [4.78, 5) is 0. The molecule has 0 radical (unpaired) electrons. The van der Waals surface area contributed by atoms with E-state index < -0.39 is 0 Å². The van der Waals surface area contributed by atoms with Crippen LogP contribution in [0.15, 0.2) is 18.2 Å². The number of aryl methyl sites for hydroxylation is 1. The minimum Gasteiger partial charge on any atom is -0.493 e. The van der Waals surface area contributed by atoms with Crippen molar-refractivity contribution in [3.63, 3.8) is 0 Å². The number of methoxy groups -OCH3 is 1. The molecular weight excluding hydrogens is 155 g/mol. The van der Waals surface area contributed by atoms with Crippen molar-refractivity contribution in [2.45, 2.75) is 19.8 Å². The molecule has 0 saturated carbocycles. The fraction of sp³-hybridized carbons (Fsp3) is 0.400. The zero-order valence-corrected chi connectivity index (χ0v) is 7.43. The van der Waals surface area contributed by atoms with Crippen LogP contribution in [0.4, 0.5) is 4.39 Å². The normalized spacial score (nSPS) is 9.92. The predicted molar refractivity (Wildman–Crippen MR) is 46.9 cm³/mol. The Morgan fingerprint density at radius 2 is 2.17 bits per heavy atom. The molecule has 0 aliphatic carbocycles. The van der Waals surface area contributed by atoms with Gasteiger partial charge in [0.2, 0.25) is 0 Å². The van der Waals surface area contributed by atoms with Gasteiger partial charge in [-0.1, -0.05) is 25.5 Å². The SMILES string of the molecule is CCCc1cccc(F)c1OC. The lowest BCUT2D eigenvalue weighted by atomic mass is 10.1. The van der Waals surface area contributed by atoms with Crippen LogP contribution in [0.25, 0.3) is 0 Å². The lowest BCUT2D eigenvalue weighted by Crippen LogP contribution is -1.94. The van der Waals surface area contributed by atoms with Crippen molar-refractivity contribution >= 4 is 0 Å². The summed E-state index contributed by atoms with van der Waals surface area (Å²) in [5.41, 5.74) is 0.944. The average molecular weight is 168 g/mol. The number of para-hydroxylation sites is 1. The molecule has 2 heteroatoms. The Kier molecular flexibility index (Phi) is 3.09. The second kappa shape index (κ2) is 4.10. The quantitative estimate of drug-likeness (QED) is 0.674. The van der Waals surface area contributed by atoms with Gasteiger partial charge in [0.25, 0.3) is 0 Å². The van der Waals surface area contributed by atoms with Gasteiger partial charge in [0.15, 0.2) is 11.6 Å². The van der Waals surface area contributed by atoms with Gasteiger partial charge in [-0.25, -0.2) is 4.39 Å². The minimum absolute atomic E-state index is 0.275. The van der Waals surface area contributed by atoms with Crippen molar-refractivity contribution in [1.29, 1.82) is 0 Å². The van der Waals surface area contributed by atoms with E-state index in [2.05, 4.69) is 6.92 Å². The molecule has 1 nitrogen and oxygen atoms in total. The lowest BCUT2D eigenvalue weighted by molar-refractivity contribution is 0.381. The maximum Gasteiger partial charge on any atom is 0.165 e. The first-order chi connectivity index (χ1) is 5.79. The van der Waals surface area contributed by atoms with Gasteiger partial charge in [-0.2, -0.15) is 0 Å². The first-order valence-electron chi connectivity index (χ1n) is 4.11. The van der Waals surface area contributed by atoms with Crippen LogP contribution in [0, 0.1) is 5.82 Å². The van der Waals surface area contributed by atoms with Gasteiger partial charge in [-0.05, 0) is 18.1 Å². The summed E-state index contributed by atoms with van der Waals surface area (Å²) in [6, 6.07) is 5.02. The summed E-state index contributed by atoms with van der Waals surface area (Å²) in [6.07, 6.45) is 1.86. The fourth-order valence-electron chi connectivity index (χ4n) is 1.25. The Morgan fingerprint density at radius 3 is 2.75 bits per heavy atom. The number of ether oxygens (including phenoxy) is 1. The Hall–Kier alpha value is -1.05. The third-order valence-corrected chi connectivity index (χ3v) is 1.77. The second-order valence-corrected chi connectivity index (χ2v) is 2.68. The Bertz CT molecular complexity index is 258. The highest BCUT2D eigenvalue weighted by Crippen LogP contribution is 2.22. The van der Waals surface area contributed by atoms with E-state index in [1.54, 1.807) is 6.07 Å². The maximum absolute atomic E-state index is 13.0. The minimum atomic E-state index is -0.275. The molecule has 1 aromatic carbocycles. The Labute approximate surface area is 72.2 Å². The number of benzene rings is 1. The van der Waals surface area contributed by atoms with Crippen molar-refractivity contribution in [2.75, 3.05) is 7.11 Å². The molecule has 0 bridgehead atoms. The molecule has 0 N–H and O–H groups in total. The molecule has 0 fully saturated rings. The molecule has 0 unspecified atom stereocenters. The molecular formula is C10H13FO. The highest BCUT2D eigenvalue weighted by atomic mass is 19.1. The highest BCUT2D eigenvalue weighted by Gasteiger charge is 2.06. The molecule has 0 aromatic heterocycles. The smallest absolute Gasteiger partial charge is 0.165 e. The van der Waals surface area contributed by atoms with Crippen LogP contribution in [0.1, 0.15) is 18.9 Å². The van der Waals surface area contributed by atoms with Gasteiger partial charge in [0.1, 0.15) is 0 Å². The summed E-state index contributed by atoms with van der Waals surface area (Å²) in [7, 11) is 1.50. The first kappa shape index (κ1) is 9.04. The van der Waals surface area contributed by atoms with E-state index in [-0.39, 0.29) is 5.82 Å². The standard InChI is InChI=1S/C10H13FO/c1-3-5-8-6-4-7-9(11)10(8)12-2/h4,6-7H,3,5H2,1-2H3. The molecule has 0 saturated heterocycles. The van der Waals surface area contributed by atoms with Crippen molar-refractivity contribution in [3.8, 4) is 5.75 Å². The van der Waals surface area contributed by atoms with Crippen LogP contribution in [-0.4, -0.2) is 7.11 Å². The third-order valence-electron chi connectivity index (χ3n) is 1.77. The van der Waals surface area contributed by atoms with Gasteiger partial charge < -0.3 is 4.74 Å². The molecule has 66 valence electrons. The van der Waals surface area contributed by atoms with Crippen LogP contribution < -0.4 is 4.74 Å². The Morgan fingerprint density at radius 1 is 1.42 bits per heavy atom. The van der Waals surface area contributed by atoms with Crippen LogP contribution >= 0.6 is 0 Å². The summed E-state index contributed by atoms with van der Waals surface area (Å²) in [6.45, 7) is 2.06. The molecule has 0 spiro atoms. The van der Waals surface area contributed by atoms with E-state index in [1.807, 2.05) is 6.07 Å². The number of hydrogen-bond acceptors (Lipinski definition) is 1. The molecule has 1 aromatic rings. The lowest BCUT2D eigenvalue weighted by Gasteiger charge is -2.07. The van der Waals surface area contributed by atoms with E-state index in [4.69, 9.17) is 4.74 Å². The first-order valence-corrected chi connectivity index (χ1v) is 4.11. The van der Waals surface area contributed by atoms with Crippen LogP contribution in [0.5, 0.6) is 5.75 Å². The molecule has 0 aliphatic heterocycles. The van der Waals surface area contributed by atoms with E-state index >= 15 is 0 Å². The maximum atomic E-state index is 13.0. The van der Waals surface area contributed by atoms with Gasteiger partial charge in [0, 0.05) is 0 Å². The average Bonchev–Trinajstić information content (AvgIpc) is 2.05. The van der Waals surface area contributed by atoms with Gasteiger partial charge >= 0.3 is 0 Å². The van der Waals surface area contributed by atoms with Crippen LogP contribution in [0.3, 0.4) is 0 Å². The molecule has 12 heavy (non-hydrogen) atoms. The summed E-state index contributed by atoms with van der Waals surface area (Å²) >= 11 is 0. The van der Waals surface area contributed by atoms with Crippen molar-refractivity contribution in [1.82, 2.24) is 0 Å². The monoisotopic (exact) mass is 168 g/mol. The molecule has 1 rings (SSSR count). The van der Waals surface area contributed by atoms with E-state index in [0.717, 1.165) is 18.4 Å². The van der Waals surface area contributed by atoms with Crippen molar-refractivity contribution < 1.29 is 9.13 Å². The highest BCUT2D eigenvalue weighted by molar-refractivity contribution is 5.34. The van der Waals surface area contributed by atoms with E-state index in [0.29, 0.717) is 5.75 Å². The topological polar surface area (TPSA) is 9.23 Å². The zero-order valence-electron chi connectivity index (χ0n) is 7.43. The van der Waals surface area contributed by atoms with Crippen LogP contribution in [0.2, 0.25) is 0 Å². The Balaban J connectivity index is 3.00. The summed E-state index contributed by atoms with van der Waals surface area (Å²) in [5.74, 6) is 0.114. The molecule has 0 heterocycles. The van der Waals surface area contributed by atoms with Crippen molar-refractivity contribution in [2.24, 2.45) is 0 Å².